The summed E-state index contributed by atoms with van der Waals surface area (Å²) in [4.78, 5) is 25.3. The molecule has 0 spiro atoms. The Balaban J connectivity index is 1.88. The van der Waals surface area contributed by atoms with Gasteiger partial charge in [0.25, 0.3) is 5.91 Å². The van der Waals surface area contributed by atoms with E-state index in [4.69, 9.17) is 14.2 Å². The van der Waals surface area contributed by atoms with Gasteiger partial charge in [-0.2, -0.15) is 0 Å². The lowest BCUT2D eigenvalue weighted by atomic mass is 10.1. The normalized spacial score (nSPS) is 10.0. The van der Waals surface area contributed by atoms with Gasteiger partial charge in [0, 0.05) is 22.6 Å². The largest absolute Gasteiger partial charge is 0.493 e. The molecule has 27 heavy (non-hydrogen) atoms. The third kappa shape index (κ3) is 5.82. The fourth-order valence-corrected chi connectivity index (χ4v) is 3.12. The maximum Gasteiger partial charge on any atom is 0.269 e. The van der Waals surface area contributed by atoms with Crippen LogP contribution >= 0.6 is 11.8 Å². The van der Waals surface area contributed by atoms with Crippen LogP contribution in [0, 0.1) is 0 Å². The molecule has 8 heteroatoms. The molecule has 0 aliphatic heterocycles. The van der Waals surface area contributed by atoms with E-state index in [0.717, 1.165) is 4.90 Å². The standard InChI is InChI=1S/C19H22N2O5S/c1-24-15-11-13(12-16(25-2)18(15)26-3)19(23)21-20-17(22)9-10-27-14-7-5-4-6-8-14/h4-8,11-12H,9-10H2,1-3H3,(H,20,22)(H,21,23). The number of rotatable bonds is 8. The van der Waals surface area contributed by atoms with E-state index >= 15 is 0 Å². The van der Waals surface area contributed by atoms with Crippen molar-refractivity contribution in [1.29, 1.82) is 0 Å². The summed E-state index contributed by atoms with van der Waals surface area (Å²) in [5, 5.41) is 0. The van der Waals surface area contributed by atoms with Crippen molar-refractivity contribution in [2.75, 3.05) is 27.1 Å². The summed E-state index contributed by atoms with van der Waals surface area (Å²) in [7, 11) is 4.41. The first-order valence-electron chi connectivity index (χ1n) is 8.16. The lowest BCUT2D eigenvalue weighted by molar-refractivity contribution is -0.121. The highest BCUT2D eigenvalue weighted by Crippen LogP contribution is 2.38. The Kier molecular flexibility index (Phi) is 7.81. The van der Waals surface area contributed by atoms with E-state index in [-0.39, 0.29) is 17.9 Å². The Morgan fingerprint density at radius 3 is 2.11 bits per heavy atom. The lowest BCUT2D eigenvalue weighted by Gasteiger charge is -2.14. The minimum absolute atomic E-state index is 0.267. The first-order valence-corrected chi connectivity index (χ1v) is 9.14. The van der Waals surface area contributed by atoms with Gasteiger partial charge in [-0.15, -0.1) is 11.8 Å². The van der Waals surface area contributed by atoms with E-state index in [1.165, 1.54) is 33.5 Å². The minimum atomic E-state index is -0.488. The molecule has 2 amide bonds. The minimum Gasteiger partial charge on any atom is -0.493 e. The van der Waals surface area contributed by atoms with Gasteiger partial charge in [-0.05, 0) is 24.3 Å². The van der Waals surface area contributed by atoms with Crippen LogP contribution in [0.2, 0.25) is 0 Å². The number of nitrogens with one attached hydrogen (secondary N) is 2. The molecule has 2 aromatic rings. The number of ether oxygens (including phenoxy) is 3. The van der Waals surface area contributed by atoms with Crippen LogP contribution in [-0.4, -0.2) is 38.9 Å². The van der Waals surface area contributed by atoms with E-state index in [0.29, 0.717) is 23.0 Å². The molecule has 144 valence electrons. The van der Waals surface area contributed by atoms with Gasteiger partial charge < -0.3 is 14.2 Å². The van der Waals surface area contributed by atoms with Crippen LogP contribution in [-0.2, 0) is 4.79 Å². The van der Waals surface area contributed by atoms with Crippen molar-refractivity contribution in [1.82, 2.24) is 10.9 Å². The number of amides is 2. The van der Waals surface area contributed by atoms with Gasteiger partial charge in [-0.1, -0.05) is 18.2 Å². The Morgan fingerprint density at radius 2 is 1.56 bits per heavy atom. The fourth-order valence-electron chi connectivity index (χ4n) is 2.25. The number of methoxy groups -OCH3 is 3. The van der Waals surface area contributed by atoms with Crippen LogP contribution in [0.5, 0.6) is 17.2 Å². The molecule has 0 atom stereocenters. The maximum atomic E-state index is 12.3. The highest BCUT2D eigenvalue weighted by Gasteiger charge is 2.17. The topological polar surface area (TPSA) is 85.9 Å². The molecule has 7 nitrogen and oxygen atoms in total. The molecule has 0 fully saturated rings. The van der Waals surface area contributed by atoms with Crippen LogP contribution < -0.4 is 25.1 Å². The van der Waals surface area contributed by atoms with Crippen molar-refractivity contribution >= 4 is 23.6 Å². The first-order chi connectivity index (χ1) is 13.1. The maximum absolute atomic E-state index is 12.3. The molecule has 0 heterocycles. The van der Waals surface area contributed by atoms with Gasteiger partial charge in [0.2, 0.25) is 11.7 Å². The summed E-state index contributed by atoms with van der Waals surface area (Å²) in [5.74, 6) is 0.937. The molecule has 0 radical (unpaired) electrons. The quantitative estimate of drug-likeness (QED) is 0.532. The number of thioether (sulfide) groups is 1. The highest BCUT2D eigenvalue weighted by molar-refractivity contribution is 7.99. The van der Waals surface area contributed by atoms with Gasteiger partial charge in [0.1, 0.15) is 0 Å². The van der Waals surface area contributed by atoms with Gasteiger partial charge >= 0.3 is 0 Å². The summed E-state index contributed by atoms with van der Waals surface area (Å²) >= 11 is 1.57. The molecule has 2 rings (SSSR count). The Bertz CT molecular complexity index is 758. The van der Waals surface area contributed by atoms with Crippen molar-refractivity contribution in [2.24, 2.45) is 0 Å². The summed E-state index contributed by atoms with van der Waals surface area (Å²) in [5.41, 5.74) is 5.06. The van der Waals surface area contributed by atoms with E-state index < -0.39 is 5.91 Å². The van der Waals surface area contributed by atoms with Crippen molar-refractivity contribution < 1.29 is 23.8 Å². The first kappa shape index (κ1) is 20.4. The van der Waals surface area contributed by atoms with Crippen molar-refractivity contribution in [3.63, 3.8) is 0 Å². The molecule has 0 aliphatic rings. The van der Waals surface area contributed by atoms with Crippen molar-refractivity contribution in [3.8, 4) is 17.2 Å². The second-order valence-corrected chi connectivity index (χ2v) is 6.50. The zero-order valence-corrected chi connectivity index (χ0v) is 16.2. The zero-order valence-electron chi connectivity index (χ0n) is 15.4. The Morgan fingerprint density at radius 1 is 0.926 bits per heavy atom. The number of carbonyl (C=O) groups excluding carboxylic acids is 2. The van der Waals surface area contributed by atoms with Gasteiger partial charge in [-0.3, -0.25) is 20.4 Å². The third-order valence-electron chi connectivity index (χ3n) is 3.58. The second-order valence-electron chi connectivity index (χ2n) is 5.33. The predicted octanol–water partition coefficient (Wildman–Crippen LogP) is 2.66. The van der Waals surface area contributed by atoms with Crippen LogP contribution in [0.15, 0.2) is 47.4 Å². The van der Waals surface area contributed by atoms with E-state index in [9.17, 15) is 9.59 Å². The zero-order chi connectivity index (χ0) is 19.6. The molecule has 0 aromatic heterocycles. The SMILES string of the molecule is COc1cc(C(=O)NNC(=O)CCSc2ccccc2)cc(OC)c1OC. The van der Waals surface area contributed by atoms with Crippen LogP contribution in [0.1, 0.15) is 16.8 Å². The number of benzene rings is 2. The van der Waals surface area contributed by atoms with E-state index in [1.807, 2.05) is 30.3 Å². The number of hydrazine groups is 1. The van der Waals surface area contributed by atoms with Gasteiger partial charge in [-0.25, -0.2) is 0 Å². The molecule has 0 unspecified atom stereocenters. The predicted molar refractivity (Wildman–Crippen MR) is 103 cm³/mol. The molecule has 0 saturated heterocycles. The average molecular weight is 390 g/mol. The Hall–Kier alpha value is -2.87. The molecule has 2 N–H and O–H groups in total. The Labute approximate surface area is 162 Å². The molecule has 0 saturated carbocycles. The lowest BCUT2D eigenvalue weighted by Crippen LogP contribution is -2.41. The smallest absolute Gasteiger partial charge is 0.269 e. The third-order valence-corrected chi connectivity index (χ3v) is 4.60. The van der Waals surface area contributed by atoms with Gasteiger partial charge in [0.15, 0.2) is 11.5 Å². The van der Waals surface area contributed by atoms with Crippen LogP contribution in [0.25, 0.3) is 0 Å². The van der Waals surface area contributed by atoms with Crippen LogP contribution in [0.3, 0.4) is 0 Å². The van der Waals surface area contributed by atoms with E-state index in [2.05, 4.69) is 10.9 Å². The second kappa shape index (κ2) is 10.3. The molecular formula is C19H22N2O5S. The summed E-state index contributed by atoms with van der Waals surface area (Å²) in [6, 6.07) is 12.8. The summed E-state index contributed by atoms with van der Waals surface area (Å²) in [6.45, 7) is 0. The number of hydrogen-bond acceptors (Lipinski definition) is 6. The number of carbonyl (C=O) groups is 2. The average Bonchev–Trinajstić information content (AvgIpc) is 2.71. The monoisotopic (exact) mass is 390 g/mol. The van der Waals surface area contributed by atoms with Crippen molar-refractivity contribution in [2.45, 2.75) is 11.3 Å². The molecule has 0 aliphatic carbocycles. The van der Waals surface area contributed by atoms with Crippen LogP contribution in [0.4, 0.5) is 0 Å². The van der Waals surface area contributed by atoms with E-state index in [1.54, 1.807) is 11.8 Å². The fraction of sp³-hybridized carbons (Fsp3) is 0.263. The molecule has 2 aromatic carbocycles. The van der Waals surface area contributed by atoms with Crippen molar-refractivity contribution in [3.05, 3.63) is 48.0 Å². The van der Waals surface area contributed by atoms with Gasteiger partial charge in [0.05, 0.1) is 21.3 Å². The molecule has 0 bridgehead atoms. The highest BCUT2D eigenvalue weighted by atomic mass is 32.2. The summed E-state index contributed by atoms with van der Waals surface area (Å²) in [6.07, 6.45) is 0.273. The molecular weight excluding hydrogens is 368 g/mol. The number of hydrogen-bond donors (Lipinski definition) is 2. The summed E-state index contributed by atoms with van der Waals surface area (Å²) < 4.78 is 15.6.